The third-order valence-electron chi connectivity index (χ3n) is 4.00. The van der Waals surface area contributed by atoms with E-state index in [2.05, 4.69) is 4.98 Å². The van der Waals surface area contributed by atoms with Crippen molar-refractivity contribution < 1.29 is 4.79 Å². The normalized spacial score (nSPS) is 16.1. The van der Waals surface area contributed by atoms with E-state index in [0.29, 0.717) is 23.8 Å². The van der Waals surface area contributed by atoms with Gasteiger partial charge in [-0.25, -0.2) is 4.98 Å². The van der Waals surface area contributed by atoms with Gasteiger partial charge in [-0.2, -0.15) is 0 Å². The minimum atomic E-state index is -0.0119. The van der Waals surface area contributed by atoms with Gasteiger partial charge in [0.25, 0.3) is 5.91 Å². The second-order valence-corrected chi connectivity index (χ2v) is 5.83. The number of thiocarbonyl (C=S) groups is 1. The fourth-order valence-electron chi connectivity index (χ4n) is 2.71. The van der Waals surface area contributed by atoms with Crippen molar-refractivity contribution in [1.82, 2.24) is 9.88 Å². The Hall–Kier alpha value is -2.01. The summed E-state index contributed by atoms with van der Waals surface area (Å²) in [6, 6.07) is 11.5. The zero-order valence-electron chi connectivity index (χ0n) is 11.7. The third kappa shape index (κ3) is 2.88. The van der Waals surface area contributed by atoms with Gasteiger partial charge in [0.05, 0.1) is 10.5 Å². The second kappa shape index (κ2) is 5.77. The Morgan fingerprint density at radius 3 is 2.62 bits per heavy atom. The van der Waals surface area contributed by atoms with Crippen molar-refractivity contribution in [1.29, 1.82) is 0 Å². The third-order valence-corrected chi connectivity index (χ3v) is 4.34. The van der Waals surface area contributed by atoms with Crippen molar-refractivity contribution >= 4 is 34.0 Å². The van der Waals surface area contributed by atoms with Crippen LogP contribution in [0.2, 0.25) is 0 Å². The zero-order chi connectivity index (χ0) is 14.8. The van der Waals surface area contributed by atoms with E-state index in [4.69, 9.17) is 18.0 Å². The molecule has 0 spiro atoms. The quantitative estimate of drug-likeness (QED) is 0.865. The largest absolute Gasteiger partial charge is 0.393 e. The molecule has 0 atom stereocenters. The lowest BCUT2D eigenvalue weighted by Gasteiger charge is -2.31. The van der Waals surface area contributed by atoms with E-state index in [0.717, 1.165) is 23.7 Å². The van der Waals surface area contributed by atoms with Crippen LogP contribution >= 0.6 is 12.2 Å². The minimum absolute atomic E-state index is 0.0119. The number of nitrogens with two attached hydrogens (primary N) is 1. The summed E-state index contributed by atoms with van der Waals surface area (Å²) in [5.41, 5.74) is 7.03. The lowest BCUT2D eigenvalue weighted by molar-refractivity contribution is 0.0705. The lowest BCUT2D eigenvalue weighted by Crippen LogP contribution is -2.41. The lowest BCUT2D eigenvalue weighted by atomic mass is 9.97. The van der Waals surface area contributed by atoms with Crippen molar-refractivity contribution in [3.63, 3.8) is 0 Å². The van der Waals surface area contributed by atoms with Crippen LogP contribution in [-0.2, 0) is 0 Å². The van der Waals surface area contributed by atoms with Crippen LogP contribution in [0.25, 0.3) is 10.9 Å². The summed E-state index contributed by atoms with van der Waals surface area (Å²) in [7, 11) is 0. The molecule has 2 N–H and O–H groups in total. The van der Waals surface area contributed by atoms with Gasteiger partial charge >= 0.3 is 0 Å². The van der Waals surface area contributed by atoms with Gasteiger partial charge in [0.2, 0.25) is 0 Å². The van der Waals surface area contributed by atoms with Gasteiger partial charge in [-0.1, -0.05) is 36.5 Å². The Labute approximate surface area is 129 Å². The number of carbonyl (C=O) groups is 1. The number of aromatic nitrogens is 1. The number of pyridine rings is 1. The van der Waals surface area contributed by atoms with Gasteiger partial charge in [0.1, 0.15) is 5.69 Å². The highest BCUT2D eigenvalue weighted by Crippen LogP contribution is 2.20. The molecule has 0 bridgehead atoms. The number of carbonyl (C=O) groups excluding carboxylic acids is 1. The fraction of sp³-hybridized carbons (Fsp3) is 0.312. The molecule has 1 amide bonds. The van der Waals surface area contributed by atoms with Crippen LogP contribution in [0.15, 0.2) is 36.4 Å². The van der Waals surface area contributed by atoms with E-state index < -0.39 is 0 Å². The molecule has 1 aromatic heterocycles. The number of benzene rings is 1. The maximum Gasteiger partial charge on any atom is 0.272 e. The van der Waals surface area contributed by atoms with Crippen molar-refractivity contribution in [3.8, 4) is 0 Å². The van der Waals surface area contributed by atoms with Gasteiger partial charge in [0.15, 0.2) is 0 Å². The summed E-state index contributed by atoms with van der Waals surface area (Å²) in [6.07, 6.45) is 1.68. The van der Waals surface area contributed by atoms with E-state index in [-0.39, 0.29) is 11.8 Å². The average Bonchev–Trinajstić information content (AvgIpc) is 2.54. The summed E-state index contributed by atoms with van der Waals surface area (Å²) in [4.78, 5) is 19.4. The Balaban J connectivity index is 1.76. The summed E-state index contributed by atoms with van der Waals surface area (Å²) in [5.74, 6) is 0.246. The average molecular weight is 299 g/mol. The van der Waals surface area contributed by atoms with E-state index in [1.54, 1.807) is 6.07 Å². The maximum atomic E-state index is 12.5. The number of piperidine rings is 1. The van der Waals surface area contributed by atoms with Crippen LogP contribution in [0.5, 0.6) is 0 Å². The van der Waals surface area contributed by atoms with Crippen LogP contribution in [0.4, 0.5) is 0 Å². The van der Waals surface area contributed by atoms with Crippen LogP contribution in [0.3, 0.4) is 0 Å². The molecule has 1 aliphatic heterocycles. The zero-order valence-corrected chi connectivity index (χ0v) is 12.5. The molecule has 1 aliphatic rings. The minimum Gasteiger partial charge on any atom is -0.393 e. The van der Waals surface area contributed by atoms with Crippen molar-refractivity contribution in [2.24, 2.45) is 11.7 Å². The van der Waals surface area contributed by atoms with E-state index in [1.807, 2.05) is 35.2 Å². The highest BCUT2D eigenvalue weighted by Gasteiger charge is 2.25. The molecule has 1 saturated heterocycles. The van der Waals surface area contributed by atoms with Crippen molar-refractivity contribution in [2.75, 3.05) is 13.1 Å². The molecule has 0 aliphatic carbocycles. The van der Waals surface area contributed by atoms with Crippen LogP contribution in [-0.4, -0.2) is 33.9 Å². The fourth-order valence-corrected chi connectivity index (χ4v) is 2.95. The number of rotatable bonds is 2. The van der Waals surface area contributed by atoms with Gasteiger partial charge < -0.3 is 10.6 Å². The smallest absolute Gasteiger partial charge is 0.272 e. The predicted octanol–water partition coefficient (Wildman–Crippen LogP) is 2.37. The molecule has 0 radical (unpaired) electrons. The number of likely N-dealkylation sites (tertiary alicyclic amines) is 1. The van der Waals surface area contributed by atoms with Gasteiger partial charge in [-0.15, -0.1) is 0 Å². The molecule has 108 valence electrons. The number of hydrogen-bond acceptors (Lipinski definition) is 3. The Morgan fingerprint density at radius 1 is 1.19 bits per heavy atom. The molecule has 4 nitrogen and oxygen atoms in total. The maximum absolute atomic E-state index is 12.5. The first-order chi connectivity index (χ1) is 10.1. The standard InChI is InChI=1S/C16H17N3OS/c17-15(21)12-7-9-19(10-8-12)16(20)14-6-5-11-3-1-2-4-13(11)18-14/h1-6,12H,7-10H2,(H2,17,21). The summed E-state index contributed by atoms with van der Waals surface area (Å²) < 4.78 is 0. The van der Waals surface area contributed by atoms with Crippen molar-refractivity contribution in [2.45, 2.75) is 12.8 Å². The second-order valence-electron chi connectivity index (χ2n) is 5.36. The SMILES string of the molecule is NC(=S)C1CCN(C(=O)c2ccc3ccccc3n2)CC1. The first kappa shape index (κ1) is 13.9. The predicted molar refractivity (Wildman–Crippen MR) is 87.2 cm³/mol. The number of nitrogens with zero attached hydrogens (tertiary/aromatic N) is 2. The molecule has 3 rings (SSSR count). The first-order valence-corrected chi connectivity index (χ1v) is 7.50. The van der Waals surface area contributed by atoms with Crippen LogP contribution in [0.1, 0.15) is 23.3 Å². The van der Waals surface area contributed by atoms with Crippen molar-refractivity contribution in [3.05, 3.63) is 42.1 Å². The van der Waals surface area contributed by atoms with Gasteiger partial charge in [-0.05, 0) is 25.0 Å². The number of fused-ring (bicyclic) bond motifs is 1. The van der Waals surface area contributed by atoms with Crippen LogP contribution in [0, 0.1) is 5.92 Å². The molecule has 1 fully saturated rings. The first-order valence-electron chi connectivity index (χ1n) is 7.09. The number of para-hydroxylation sites is 1. The molecular weight excluding hydrogens is 282 g/mol. The highest BCUT2D eigenvalue weighted by molar-refractivity contribution is 7.80. The topological polar surface area (TPSA) is 59.2 Å². The highest BCUT2D eigenvalue weighted by atomic mass is 32.1. The summed E-state index contributed by atoms with van der Waals surface area (Å²) in [6.45, 7) is 1.38. The molecule has 0 saturated carbocycles. The van der Waals surface area contributed by atoms with E-state index >= 15 is 0 Å². The van der Waals surface area contributed by atoms with Gasteiger partial charge in [-0.3, -0.25) is 4.79 Å². The molecule has 2 heterocycles. The summed E-state index contributed by atoms with van der Waals surface area (Å²) >= 11 is 5.03. The molecule has 5 heteroatoms. The monoisotopic (exact) mass is 299 g/mol. The summed E-state index contributed by atoms with van der Waals surface area (Å²) in [5, 5.41) is 1.04. The molecule has 2 aromatic rings. The van der Waals surface area contributed by atoms with Crippen LogP contribution < -0.4 is 5.73 Å². The Kier molecular flexibility index (Phi) is 3.84. The molecular formula is C16H17N3OS. The van der Waals surface area contributed by atoms with Gasteiger partial charge in [0, 0.05) is 24.4 Å². The number of amides is 1. The Morgan fingerprint density at radius 2 is 1.90 bits per heavy atom. The Bertz CT molecular complexity index is 693. The molecule has 0 unspecified atom stereocenters. The molecule has 1 aromatic carbocycles. The van der Waals surface area contributed by atoms with E-state index in [1.165, 1.54) is 0 Å². The molecule has 21 heavy (non-hydrogen) atoms. The van der Waals surface area contributed by atoms with E-state index in [9.17, 15) is 4.79 Å². The number of hydrogen-bond donors (Lipinski definition) is 1.